The van der Waals surface area contributed by atoms with Crippen molar-refractivity contribution in [3.05, 3.63) is 40.0 Å². The number of methoxy groups -OCH3 is 1. The van der Waals surface area contributed by atoms with Crippen LogP contribution in [0.4, 0.5) is 5.82 Å². The molecule has 9 heteroatoms. The van der Waals surface area contributed by atoms with Gasteiger partial charge >= 0.3 is 5.97 Å². The first kappa shape index (κ1) is 18.5. The summed E-state index contributed by atoms with van der Waals surface area (Å²) >= 11 is 3.35. The first-order valence-corrected chi connectivity index (χ1v) is 9.38. The normalized spacial score (nSPS) is 11.6. The van der Waals surface area contributed by atoms with E-state index >= 15 is 0 Å². The van der Waals surface area contributed by atoms with E-state index in [1.54, 1.807) is 12.1 Å². The number of hydrogen-bond acceptors (Lipinski definition) is 5. The van der Waals surface area contributed by atoms with E-state index in [4.69, 9.17) is 0 Å². The van der Waals surface area contributed by atoms with Crippen LogP contribution in [-0.2, 0) is 21.8 Å². The van der Waals surface area contributed by atoms with Gasteiger partial charge in [0.2, 0.25) is 0 Å². The van der Waals surface area contributed by atoms with Gasteiger partial charge in [0, 0.05) is 17.6 Å². The number of esters is 1. The molecule has 0 aliphatic heterocycles. The van der Waals surface area contributed by atoms with Gasteiger partial charge in [-0.1, -0.05) is 29.8 Å². The number of hydrogen-bond donors (Lipinski definition) is 1. The van der Waals surface area contributed by atoms with Crippen LogP contribution in [0.2, 0.25) is 0 Å². The number of sulfonamides is 1. The molecule has 0 fully saturated rings. The summed E-state index contributed by atoms with van der Waals surface area (Å²) in [7, 11) is -1.06. The second-order valence-electron chi connectivity index (χ2n) is 5.47. The van der Waals surface area contributed by atoms with Crippen LogP contribution in [0.5, 0.6) is 0 Å². The van der Waals surface area contributed by atoms with Crippen molar-refractivity contribution in [2.24, 2.45) is 7.05 Å². The van der Waals surface area contributed by atoms with Crippen LogP contribution in [0, 0.1) is 0 Å². The van der Waals surface area contributed by atoms with Crippen molar-refractivity contribution in [3.63, 3.8) is 0 Å². The van der Waals surface area contributed by atoms with Crippen LogP contribution in [0.25, 0.3) is 0 Å². The molecule has 0 saturated heterocycles. The zero-order valence-electron chi connectivity index (χ0n) is 13.7. The molecular formula is C15H18BrN3O4S. The Hall–Kier alpha value is -1.87. The molecule has 1 aromatic heterocycles. The quantitative estimate of drug-likeness (QED) is 0.757. The minimum atomic E-state index is -3.84. The molecule has 2 rings (SSSR count). The van der Waals surface area contributed by atoms with Crippen LogP contribution in [0.3, 0.4) is 0 Å². The summed E-state index contributed by atoms with van der Waals surface area (Å²) in [6.07, 6.45) is 0. The third-order valence-electron chi connectivity index (χ3n) is 3.40. The fourth-order valence-corrected chi connectivity index (χ4v) is 3.94. The number of anilines is 1. The van der Waals surface area contributed by atoms with Gasteiger partial charge in [-0.25, -0.2) is 13.2 Å². The molecule has 0 amide bonds. The number of ether oxygens (including phenoxy) is 1. The van der Waals surface area contributed by atoms with E-state index in [1.165, 1.54) is 31.0 Å². The highest BCUT2D eigenvalue weighted by atomic mass is 79.9. The Morgan fingerprint density at radius 3 is 2.58 bits per heavy atom. The smallest absolute Gasteiger partial charge is 0.356 e. The molecule has 24 heavy (non-hydrogen) atoms. The summed E-state index contributed by atoms with van der Waals surface area (Å²) in [4.78, 5) is 11.8. The van der Waals surface area contributed by atoms with E-state index in [0.29, 0.717) is 5.56 Å². The summed E-state index contributed by atoms with van der Waals surface area (Å²) in [6.45, 7) is 3.83. The number of carbonyl (C=O) groups excluding carboxylic acids is 1. The molecule has 0 aliphatic carbocycles. The predicted octanol–water partition coefficient (Wildman–Crippen LogP) is 2.89. The molecule has 0 radical (unpaired) electrons. The zero-order valence-corrected chi connectivity index (χ0v) is 16.1. The second kappa shape index (κ2) is 6.94. The number of aryl methyl sites for hydroxylation is 1. The molecule has 1 N–H and O–H groups in total. The molecule has 2 aromatic rings. The van der Waals surface area contributed by atoms with E-state index in [2.05, 4.69) is 30.5 Å². The van der Waals surface area contributed by atoms with E-state index in [1.807, 2.05) is 13.8 Å². The molecule has 0 unspecified atom stereocenters. The molecule has 0 bridgehead atoms. The van der Waals surface area contributed by atoms with Crippen molar-refractivity contribution >= 4 is 37.7 Å². The third kappa shape index (κ3) is 3.78. The highest BCUT2D eigenvalue weighted by Crippen LogP contribution is 2.28. The van der Waals surface area contributed by atoms with E-state index in [0.717, 1.165) is 4.47 Å². The van der Waals surface area contributed by atoms with Crippen molar-refractivity contribution in [2.45, 2.75) is 24.7 Å². The van der Waals surface area contributed by atoms with Gasteiger partial charge in [0.15, 0.2) is 5.82 Å². The first-order chi connectivity index (χ1) is 11.2. The number of benzene rings is 1. The molecule has 0 aliphatic rings. The second-order valence-corrected chi connectivity index (χ2v) is 8.04. The van der Waals surface area contributed by atoms with Crippen molar-refractivity contribution in [1.82, 2.24) is 9.78 Å². The number of nitrogens with zero attached hydrogens (tertiary/aromatic N) is 2. The minimum Gasteiger partial charge on any atom is -0.464 e. The molecule has 1 aromatic carbocycles. The molecule has 0 saturated carbocycles. The number of rotatable bonds is 5. The van der Waals surface area contributed by atoms with Crippen molar-refractivity contribution < 1.29 is 17.9 Å². The average molecular weight is 416 g/mol. The summed E-state index contributed by atoms with van der Waals surface area (Å²) in [5, 5.41) is 4.00. The Labute approximate surface area is 149 Å². The highest BCUT2D eigenvalue weighted by Gasteiger charge is 2.23. The molecule has 0 atom stereocenters. The summed E-state index contributed by atoms with van der Waals surface area (Å²) in [5.41, 5.74) is 0.830. The lowest BCUT2D eigenvalue weighted by Gasteiger charge is -2.14. The molecule has 130 valence electrons. The maximum absolute atomic E-state index is 12.7. The van der Waals surface area contributed by atoms with Gasteiger partial charge < -0.3 is 4.74 Å². The maximum Gasteiger partial charge on any atom is 0.356 e. The zero-order chi connectivity index (χ0) is 18.1. The standard InChI is InChI=1S/C15H18BrN3O4S/c1-9(2)11-7-10(16)5-6-13(11)24(21,22)18-14-8-12(15(20)23-4)19(3)17-14/h5-9H,1-4H3,(H,17,18). The van der Waals surface area contributed by atoms with Crippen molar-refractivity contribution in [1.29, 1.82) is 0 Å². The Morgan fingerprint density at radius 2 is 2.00 bits per heavy atom. The number of nitrogens with one attached hydrogen (secondary N) is 1. The Balaban J connectivity index is 2.41. The van der Waals surface area contributed by atoms with Gasteiger partial charge in [-0.05, 0) is 29.7 Å². The Bertz CT molecular complexity index is 875. The van der Waals surface area contributed by atoms with Gasteiger partial charge in [0.1, 0.15) is 5.69 Å². The Kier molecular flexibility index (Phi) is 5.34. The van der Waals surface area contributed by atoms with Gasteiger partial charge in [-0.15, -0.1) is 0 Å². The van der Waals surface area contributed by atoms with Crippen LogP contribution in [0.15, 0.2) is 33.6 Å². The van der Waals surface area contributed by atoms with Gasteiger partial charge in [0.05, 0.1) is 12.0 Å². The van der Waals surface area contributed by atoms with Gasteiger partial charge in [-0.2, -0.15) is 5.10 Å². The monoisotopic (exact) mass is 415 g/mol. The number of carbonyl (C=O) groups is 1. The first-order valence-electron chi connectivity index (χ1n) is 7.10. The van der Waals surface area contributed by atoms with Crippen LogP contribution in [0.1, 0.15) is 35.8 Å². The largest absolute Gasteiger partial charge is 0.464 e. The average Bonchev–Trinajstić information content (AvgIpc) is 2.85. The SMILES string of the molecule is COC(=O)c1cc(NS(=O)(=O)c2ccc(Br)cc2C(C)C)nn1C. The van der Waals surface area contributed by atoms with Crippen molar-refractivity contribution in [3.8, 4) is 0 Å². The van der Waals surface area contributed by atoms with Crippen molar-refractivity contribution in [2.75, 3.05) is 11.8 Å². The Morgan fingerprint density at radius 1 is 1.33 bits per heavy atom. The topological polar surface area (TPSA) is 90.3 Å². The summed E-state index contributed by atoms with van der Waals surface area (Å²) < 4.78 is 34.5. The predicted molar refractivity (Wildman–Crippen MR) is 93.6 cm³/mol. The van der Waals surface area contributed by atoms with E-state index in [9.17, 15) is 13.2 Å². The molecular weight excluding hydrogens is 398 g/mol. The van der Waals surface area contributed by atoms with Gasteiger partial charge in [-0.3, -0.25) is 9.40 Å². The lowest BCUT2D eigenvalue weighted by Crippen LogP contribution is -2.16. The maximum atomic E-state index is 12.7. The molecule has 7 nitrogen and oxygen atoms in total. The number of halogens is 1. The van der Waals surface area contributed by atoms with Crippen LogP contribution >= 0.6 is 15.9 Å². The van der Waals surface area contributed by atoms with E-state index in [-0.39, 0.29) is 22.3 Å². The van der Waals surface area contributed by atoms with Crippen LogP contribution in [-0.4, -0.2) is 31.3 Å². The summed E-state index contributed by atoms with van der Waals surface area (Å²) in [5.74, 6) is -0.527. The summed E-state index contributed by atoms with van der Waals surface area (Å²) in [6, 6.07) is 6.31. The fraction of sp³-hybridized carbons (Fsp3) is 0.333. The lowest BCUT2D eigenvalue weighted by atomic mass is 10.0. The number of aromatic nitrogens is 2. The van der Waals surface area contributed by atoms with Crippen LogP contribution < -0.4 is 4.72 Å². The fourth-order valence-electron chi connectivity index (χ4n) is 2.22. The van der Waals surface area contributed by atoms with Gasteiger partial charge in [0.25, 0.3) is 10.0 Å². The lowest BCUT2D eigenvalue weighted by molar-refractivity contribution is 0.0588. The third-order valence-corrected chi connectivity index (χ3v) is 5.32. The molecule has 0 spiro atoms. The molecule has 1 heterocycles. The highest BCUT2D eigenvalue weighted by molar-refractivity contribution is 9.10. The van der Waals surface area contributed by atoms with E-state index < -0.39 is 16.0 Å². The minimum absolute atomic E-state index is 0.0171.